The van der Waals surface area contributed by atoms with Gasteiger partial charge >= 0.3 is 5.97 Å². The van der Waals surface area contributed by atoms with E-state index in [1.165, 1.54) is 11.3 Å². The normalized spacial score (nSPS) is 10.9. The average Bonchev–Trinajstić information content (AvgIpc) is 3.38. The number of benzene rings is 1. The monoisotopic (exact) mass is 368 g/mol. The largest absolute Gasteiger partial charge is 0.453 e. The number of fused-ring (bicyclic) bond motifs is 1. The number of nitrogens with zero attached hydrogens (tertiary/aromatic N) is 1. The fourth-order valence-corrected chi connectivity index (χ4v) is 3.97. The molecule has 0 amide bonds. The molecular weight excluding hydrogens is 356 g/mol. The summed E-state index contributed by atoms with van der Waals surface area (Å²) in [5.41, 5.74) is 2.58. The number of aromatic amines is 1. The van der Waals surface area contributed by atoms with Crippen LogP contribution >= 0.6 is 22.7 Å². The zero-order chi connectivity index (χ0) is 17.2. The van der Waals surface area contributed by atoms with Crippen LogP contribution in [0.1, 0.15) is 20.8 Å². The van der Waals surface area contributed by atoms with Crippen molar-refractivity contribution in [1.29, 1.82) is 0 Å². The molecule has 0 atom stereocenters. The summed E-state index contributed by atoms with van der Waals surface area (Å²) in [6.07, 6.45) is 1.64. The molecule has 0 aliphatic carbocycles. The van der Waals surface area contributed by atoms with Gasteiger partial charge < -0.3 is 9.72 Å². The maximum absolute atomic E-state index is 12.3. The molecule has 7 heteroatoms. The van der Waals surface area contributed by atoms with E-state index in [2.05, 4.69) is 9.97 Å². The molecule has 0 unspecified atom stereocenters. The number of esters is 1. The van der Waals surface area contributed by atoms with E-state index in [-0.39, 0.29) is 18.1 Å². The van der Waals surface area contributed by atoms with Crippen molar-refractivity contribution in [2.24, 2.45) is 0 Å². The highest BCUT2D eigenvalue weighted by molar-refractivity contribution is 7.14. The van der Waals surface area contributed by atoms with Gasteiger partial charge in [0.05, 0.1) is 0 Å². The van der Waals surface area contributed by atoms with Gasteiger partial charge in [0, 0.05) is 39.0 Å². The summed E-state index contributed by atoms with van der Waals surface area (Å²) in [6.45, 7) is -0.313. The lowest BCUT2D eigenvalue weighted by Crippen LogP contribution is -2.14. The first-order valence-corrected chi connectivity index (χ1v) is 9.29. The number of nitrogens with one attached hydrogen (secondary N) is 1. The van der Waals surface area contributed by atoms with Gasteiger partial charge in [-0.25, -0.2) is 9.78 Å². The Bertz CT molecular complexity index is 1050. The number of Topliss-reactive ketones (excluding diaryl/α,β-unsaturated/α-hetero) is 1. The Morgan fingerprint density at radius 2 is 2.04 bits per heavy atom. The predicted molar refractivity (Wildman–Crippen MR) is 98.3 cm³/mol. The summed E-state index contributed by atoms with van der Waals surface area (Å²) in [5, 5.41) is 7.14. The summed E-state index contributed by atoms with van der Waals surface area (Å²) in [6, 6.07) is 9.44. The van der Waals surface area contributed by atoms with Gasteiger partial charge in [-0.1, -0.05) is 18.2 Å². The molecule has 1 N–H and O–H groups in total. The van der Waals surface area contributed by atoms with Gasteiger partial charge in [-0.2, -0.15) is 11.3 Å². The van der Waals surface area contributed by atoms with Crippen LogP contribution < -0.4 is 0 Å². The Kier molecular flexibility index (Phi) is 4.17. The van der Waals surface area contributed by atoms with Gasteiger partial charge in [0.1, 0.15) is 5.01 Å². The van der Waals surface area contributed by atoms with E-state index in [1.807, 2.05) is 41.1 Å². The molecule has 0 bridgehead atoms. The Hall–Kier alpha value is -2.77. The van der Waals surface area contributed by atoms with Gasteiger partial charge in [0.25, 0.3) is 0 Å². The van der Waals surface area contributed by atoms with Crippen molar-refractivity contribution >= 4 is 45.3 Å². The predicted octanol–water partition coefficient (Wildman–Crippen LogP) is 4.39. The van der Waals surface area contributed by atoms with Crippen LogP contribution in [-0.4, -0.2) is 28.3 Å². The first-order chi connectivity index (χ1) is 12.2. The van der Waals surface area contributed by atoms with Crippen LogP contribution in [0, 0.1) is 0 Å². The minimum Gasteiger partial charge on any atom is -0.453 e. The van der Waals surface area contributed by atoms with Crippen molar-refractivity contribution < 1.29 is 14.3 Å². The fraction of sp³-hybridized carbons (Fsp3) is 0.0556. The van der Waals surface area contributed by atoms with Crippen molar-refractivity contribution in [1.82, 2.24) is 9.97 Å². The molecule has 25 heavy (non-hydrogen) atoms. The van der Waals surface area contributed by atoms with Gasteiger partial charge in [0.15, 0.2) is 12.3 Å². The first kappa shape index (κ1) is 15.7. The number of aromatic nitrogens is 2. The van der Waals surface area contributed by atoms with Crippen molar-refractivity contribution in [3.8, 4) is 10.6 Å². The summed E-state index contributed by atoms with van der Waals surface area (Å²) in [7, 11) is 0. The number of para-hydroxylation sites is 1. The number of ether oxygens (including phenoxy) is 1. The highest BCUT2D eigenvalue weighted by Gasteiger charge is 2.17. The molecule has 0 saturated heterocycles. The lowest BCUT2D eigenvalue weighted by molar-refractivity contribution is 0.0470. The van der Waals surface area contributed by atoms with E-state index >= 15 is 0 Å². The maximum atomic E-state index is 12.3. The third-order valence-electron chi connectivity index (χ3n) is 3.71. The highest BCUT2D eigenvalue weighted by Crippen LogP contribution is 2.26. The van der Waals surface area contributed by atoms with Crippen LogP contribution in [0.25, 0.3) is 21.5 Å². The van der Waals surface area contributed by atoms with Crippen molar-refractivity contribution in [2.75, 3.05) is 6.61 Å². The first-order valence-electron chi connectivity index (χ1n) is 7.47. The molecule has 0 aliphatic heterocycles. The number of carbonyl (C=O) groups is 2. The van der Waals surface area contributed by atoms with Crippen LogP contribution in [0.5, 0.6) is 0 Å². The second-order valence-corrected chi connectivity index (χ2v) is 6.94. The molecule has 0 aliphatic rings. The van der Waals surface area contributed by atoms with Crippen molar-refractivity contribution in [3.63, 3.8) is 0 Å². The highest BCUT2D eigenvalue weighted by atomic mass is 32.1. The second kappa shape index (κ2) is 6.62. The molecule has 5 nitrogen and oxygen atoms in total. The van der Waals surface area contributed by atoms with E-state index in [0.717, 1.165) is 21.5 Å². The lowest BCUT2D eigenvalue weighted by atomic mass is 10.1. The molecular formula is C18H12N2O3S2. The topological polar surface area (TPSA) is 72.1 Å². The number of rotatable bonds is 5. The number of ketones is 1. The van der Waals surface area contributed by atoms with Gasteiger partial charge in [-0.05, 0) is 17.5 Å². The van der Waals surface area contributed by atoms with E-state index in [4.69, 9.17) is 4.74 Å². The fourth-order valence-electron chi connectivity index (χ4n) is 2.47. The SMILES string of the molecule is O=C(OCC(=O)c1c[nH]c2ccccc12)c1csc(-c2ccsc2)n1. The third kappa shape index (κ3) is 3.11. The van der Waals surface area contributed by atoms with Crippen LogP contribution in [0.15, 0.2) is 52.7 Å². The van der Waals surface area contributed by atoms with Gasteiger partial charge in [-0.3, -0.25) is 4.79 Å². The maximum Gasteiger partial charge on any atom is 0.358 e. The smallest absolute Gasteiger partial charge is 0.358 e. The molecule has 3 aromatic heterocycles. The molecule has 3 heterocycles. The van der Waals surface area contributed by atoms with Crippen LogP contribution in [0.3, 0.4) is 0 Å². The van der Waals surface area contributed by atoms with Crippen LogP contribution in [0.4, 0.5) is 0 Å². The number of thiazole rings is 1. The van der Waals surface area contributed by atoms with E-state index in [1.54, 1.807) is 22.9 Å². The molecule has 0 fully saturated rings. The van der Waals surface area contributed by atoms with Crippen LogP contribution in [-0.2, 0) is 4.74 Å². The Labute approximate surface area is 150 Å². The number of carbonyl (C=O) groups excluding carboxylic acids is 2. The Morgan fingerprint density at radius 1 is 1.16 bits per heavy atom. The standard InChI is InChI=1S/C18H12N2O3S2/c21-16(13-7-19-14-4-2-1-3-12(13)14)8-23-18(22)15-10-25-17(20-15)11-5-6-24-9-11/h1-7,9-10,19H,8H2. The quantitative estimate of drug-likeness (QED) is 0.419. The van der Waals surface area contributed by atoms with Gasteiger partial charge in [0.2, 0.25) is 5.78 Å². The molecule has 1 aromatic carbocycles. The molecule has 0 spiro atoms. The van der Waals surface area contributed by atoms with Crippen molar-refractivity contribution in [2.45, 2.75) is 0 Å². The molecule has 124 valence electrons. The summed E-state index contributed by atoms with van der Waals surface area (Å²) >= 11 is 2.94. The zero-order valence-electron chi connectivity index (χ0n) is 12.9. The molecule has 4 aromatic rings. The van der Waals surface area contributed by atoms with E-state index in [9.17, 15) is 9.59 Å². The second-order valence-electron chi connectivity index (χ2n) is 5.30. The third-order valence-corrected chi connectivity index (χ3v) is 5.28. The number of hydrogen-bond acceptors (Lipinski definition) is 6. The average molecular weight is 368 g/mol. The molecule has 0 radical (unpaired) electrons. The Morgan fingerprint density at radius 3 is 2.88 bits per heavy atom. The number of thiophene rings is 1. The molecule has 0 saturated carbocycles. The molecule has 4 rings (SSSR count). The summed E-state index contributed by atoms with van der Waals surface area (Å²) in [4.78, 5) is 31.8. The summed E-state index contributed by atoms with van der Waals surface area (Å²) in [5.74, 6) is -0.843. The van der Waals surface area contributed by atoms with Gasteiger partial charge in [-0.15, -0.1) is 11.3 Å². The number of hydrogen-bond donors (Lipinski definition) is 1. The minimum absolute atomic E-state index is 0.220. The van der Waals surface area contributed by atoms with E-state index in [0.29, 0.717) is 5.56 Å². The van der Waals surface area contributed by atoms with E-state index < -0.39 is 5.97 Å². The van der Waals surface area contributed by atoms with Crippen LogP contribution in [0.2, 0.25) is 0 Å². The minimum atomic E-state index is -0.592. The van der Waals surface area contributed by atoms with Crippen molar-refractivity contribution in [3.05, 3.63) is 63.9 Å². The zero-order valence-corrected chi connectivity index (χ0v) is 14.5. The Balaban J connectivity index is 1.44. The summed E-state index contributed by atoms with van der Waals surface area (Å²) < 4.78 is 5.14. The lowest BCUT2D eigenvalue weighted by Gasteiger charge is -2.01. The number of H-pyrrole nitrogens is 1.